The van der Waals surface area contributed by atoms with Crippen molar-refractivity contribution in [3.8, 4) is 0 Å². The maximum absolute atomic E-state index is 6.03. The highest BCUT2D eigenvalue weighted by atomic mass is 35.5. The van der Waals surface area contributed by atoms with E-state index in [1.807, 2.05) is 6.20 Å². The average molecular weight is 271 g/mol. The molecule has 4 heteroatoms. The number of thiazole rings is 1. The molecular formula is C13H19ClN2S. The van der Waals surface area contributed by atoms with Gasteiger partial charge in [-0.15, -0.1) is 11.3 Å². The van der Waals surface area contributed by atoms with Gasteiger partial charge in [-0.3, -0.25) is 0 Å². The molecule has 1 saturated heterocycles. The van der Waals surface area contributed by atoms with E-state index in [1.165, 1.54) is 43.7 Å². The molecule has 1 aromatic heterocycles. The van der Waals surface area contributed by atoms with Crippen molar-refractivity contribution in [2.24, 2.45) is 11.8 Å². The molecule has 3 rings (SSSR count). The van der Waals surface area contributed by atoms with Gasteiger partial charge in [0.1, 0.15) is 4.34 Å². The van der Waals surface area contributed by atoms with Crippen LogP contribution in [0.15, 0.2) is 6.20 Å². The zero-order valence-electron chi connectivity index (χ0n) is 9.99. The van der Waals surface area contributed by atoms with E-state index in [9.17, 15) is 0 Å². The third kappa shape index (κ3) is 2.51. The third-order valence-electron chi connectivity index (χ3n) is 4.35. The van der Waals surface area contributed by atoms with Crippen LogP contribution in [-0.4, -0.2) is 18.1 Å². The first kappa shape index (κ1) is 11.9. The smallest absolute Gasteiger partial charge is 0.113 e. The van der Waals surface area contributed by atoms with Crippen molar-refractivity contribution >= 4 is 22.9 Å². The lowest BCUT2D eigenvalue weighted by Crippen LogP contribution is -2.38. The quantitative estimate of drug-likeness (QED) is 0.887. The summed E-state index contributed by atoms with van der Waals surface area (Å²) in [6.45, 7) is 2.30. The Morgan fingerprint density at radius 1 is 1.29 bits per heavy atom. The van der Waals surface area contributed by atoms with E-state index in [-0.39, 0.29) is 0 Å². The molecule has 0 amide bonds. The average Bonchev–Trinajstić information content (AvgIpc) is 3.00. The van der Waals surface area contributed by atoms with Crippen molar-refractivity contribution in [1.29, 1.82) is 0 Å². The highest BCUT2D eigenvalue weighted by molar-refractivity contribution is 7.15. The highest BCUT2D eigenvalue weighted by Crippen LogP contribution is 2.43. The highest BCUT2D eigenvalue weighted by Gasteiger charge is 2.35. The van der Waals surface area contributed by atoms with Gasteiger partial charge < -0.3 is 5.32 Å². The molecule has 2 atom stereocenters. The molecule has 1 aliphatic carbocycles. The second-order valence-electron chi connectivity index (χ2n) is 5.31. The molecule has 1 N–H and O–H groups in total. The molecular weight excluding hydrogens is 252 g/mol. The summed E-state index contributed by atoms with van der Waals surface area (Å²) in [6, 6.07) is 0. The van der Waals surface area contributed by atoms with Crippen LogP contribution in [0.25, 0.3) is 0 Å². The zero-order chi connectivity index (χ0) is 11.7. The molecule has 17 heavy (non-hydrogen) atoms. The minimum absolute atomic E-state index is 0.650. The SMILES string of the molecule is Clc1cnc(C2CCNCC2C2CCCC2)s1. The van der Waals surface area contributed by atoms with Gasteiger partial charge in [0.2, 0.25) is 0 Å². The van der Waals surface area contributed by atoms with Crippen LogP contribution in [0.5, 0.6) is 0 Å². The Balaban J connectivity index is 1.79. The summed E-state index contributed by atoms with van der Waals surface area (Å²) < 4.78 is 0.837. The largest absolute Gasteiger partial charge is 0.316 e. The summed E-state index contributed by atoms with van der Waals surface area (Å²) >= 11 is 7.71. The second-order valence-corrected chi connectivity index (χ2v) is 7.00. The third-order valence-corrected chi connectivity index (χ3v) is 5.59. The summed E-state index contributed by atoms with van der Waals surface area (Å²) in [7, 11) is 0. The molecule has 2 nitrogen and oxygen atoms in total. The predicted octanol–water partition coefficient (Wildman–Crippen LogP) is 3.68. The fourth-order valence-electron chi connectivity index (χ4n) is 3.51. The van der Waals surface area contributed by atoms with Crippen molar-refractivity contribution in [2.75, 3.05) is 13.1 Å². The summed E-state index contributed by atoms with van der Waals surface area (Å²) in [5.41, 5.74) is 0. The van der Waals surface area contributed by atoms with Crippen LogP contribution >= 0.6 is 22.9 Å². The number of hydrogen-bond donors (Lipinski definition) is 1. The van der Waals surface area contributed by atoms with E-state index in [0.29, 0.717) is 5.92 Å². The van der Waals surface area contributed by atoms with Gasteiger partial charge in [-0.1, -0.05) is 37.3 Å². The lowest BCUT2D eigenvalue weighted by molar-refractivity contribution is 0.231. The Kier molecular flexibility index (Phi) is 3.69. The molecule has 1 saturated carbocycles. The van der Waals surface area contributed by atoms with E-state index in [4.69, 9.17) is 11.6 Å². The molecule has 0 aromatic carbocycles. The van der Waals surface area contributed by atoms with Gasteiger partial charge in [-0.05, 0) is 31.3 Å². The van der Waals surface area contributed by atoms with Crippen molar-refractivity contribution in [3.05, 3.63) is 15.5 Å². The van der Waals surface area contributed by atoms with E-state index >= 15 is 0 Å². The molecule has 2 fully saturated rings. The normalized spacial score (nSPS) is 30.9. The fourth-order valence-corrected chi connectivity index (χ4v) is 4.65. The van der Waals surface area contributed by atoms with Gasteiger partial charge in [0, 0.05) is 5.92 Å². The van der Waals surface area contributed by atoms with Crippen LogP contribution in [0.1, 0.15) is 43.0 Å². The van der Waals surface area contributed by atoms with Crippen LogP contribution in [0, 0.1) is 11.8 Å². The Bertz CT molecular complexity index is 373. The van der Waals surface area contributed by atoms with Gasteiger partial charge in [0.05, 0.1) is 11.2 Å². The van der Waals surface area contributed by atoms with E-state index in [0.717, 1.165) is 22.7 Å². The molecule has 2 unspecified atom stereocenters. The van der Waals surface area contributed by atoms with Crippen molar-refractivity contribution < 1.29 is 0 Å². The topological polar surface area (TPSA) is 24.9 Å². The molecule has 1 aromatic rings. The number of halogens is 1. The summed E-state index contributed by atoms with van der Waals surface area (Å²) in [6.07, 6.45) is 8.73. The standard InChI is InChI=1S/C13H19ClN2S/c14-12-8-16-13(17-12)10-5-6-15-7-11(10)9-3-1-2-4-9/h8-11,15H,1-7H2. The predicted molar refractivity (Wildman–Crippen MR) is 72.8 cm³/mol. The molecule has 94 valence electrons. The molecule has 0 radical (unpaired) electrons. The van der Waals surface area contributed by atoms with Gasteiger partial charge >= 0.3 is 0 Å². The first-order valence-electron chi connectivity index (χ1n) is 6.66. The minimum Gasteiger partial charge on any atom is -0.316 e. The summed E-state index contributed by atoms with van der Waals surface area (Å²) in [5.74, 6) is 2.35. The van der Waals surface area contributed by atoms with Crippen molar-refractivity contribution in [2.45, 2.75) is 38.0 Å². The van der Waals surface area contributed by atoms with Crippen LogP contribution < -0.4 is 5.32 Å². The first-order valence-corrected chi connectivity index (χ1v) is 7.86. The van der Waals surface area contributed by atoms with Gasteiger partial charge in [-0.2, -0.15) is 0 Å². The zero-order valence-corrected chi connectivity index (χ0v) is 11.6. The summed E-state index contributed by atoms with van der Waals surface area (Å²) in [5, 5.41) is 4.83. The van der Waals surface area contributed by atoms with E-state index in [2.05, 4.69) is 10.3 Å². The van der Waals surface area contributed by atoms with Crippen molar-refractivity contribution in [3.63, 3.8) is 0 Å². The maximum atomic E-state index is 6.03. The monoisotopic (exact) mass is 270 g/mol. The molecule has 0 spiro atoms. The minimum atomic E-state index is 0.650. The number of nitrogens with zero attached hydrogens (tertiary/aromatic N) is 1. The maximum Gasteiger partial charge on any atom is 0.113 e. The Labute approximate surface area is 112 Å². The first-order chi connectivity index (χ1) is 8.34. The Morgan fingerprint density at radius 3 is 2.82 bits per heavy atom. The van der Waals surface area contributed by atoms with Gasteiger partial charge in [0.15, 0.2) is 0 Å². The van der Waals surface area contributed by atoms with E-state index < -0.39 is 0 Å². The number of piperidine rings is 1. The van der Waals surface area contributed by atoms with Crippen LogP contribution in [0.2, 0.25) is 4.34 Å². The molecule has 2 aliphatic rings. The fraction of sp³-hybridized carbons (Fsp3) is 0.769. The number of nitrogens with one attached hydrogen (secondary N) is 1. The number of hydrogen-bond acceptors (Lipinski definition) is 3. The van der Waals surface area contributed by atoms with Gasteiger partial charge in [-0.25, -0.2) is 4.98 Å². The Hall–Kier alpha value is -0.120. The van der Waals surface area contributed by atoms with Crippen LogP contribution in [0.4, 0.5) is 0 Å². The van der Waals surface area contributed by atoms with Gasteiger partial charge in [0.25, 0.3) is 0 Å². The molecule has 0 bridgehead atoms. The lowest BCUT2D eigenvalue weighted by Gasteiger charge is -2.35. The molecule has 2 heterocycles. The van der Waals surface area contributed by atoms with Crippen molar-refractivity contribution in [1.82, 2.24) is 10.3 Å². The lowest BCUT2D eigenvalue weighted by atomic mass is 9.77. The van der Waals surface area contributed by atoms with Crippen LogP contribution in [0.3, 0.4) is 0 Å². The second kappa shape index (κ2) is 5.25. The number of aromatic nitrogens is 1. The number of rotatable bonds is 2. The molecule has 1 aliphatic heterocycles. The Morgan fingerprint density at radius 2 is 2.12 bits per heavy atom. The van der Waals surface area contributed by atoms with E-state index in [1.54, 1.807) is 11.3 Å². The van der Waals surface area contributed by atoms with Crippen LogP contribution in [-0.2, 0) is 0 Å². The summed E-state index contributed by atoms with van der Waals surface area (Å²) in [4.78, 5) is 4.52.